The number of hydrogen-bond acceptors (Lipinski definition) is 4. The number of rotatable bonds is 7. The van der Waals surface area contributed by atoms with Crippen molar-refractivity contribution in [2.75, 3.05) is 13.1 Å². The summed E-state index contributed by atoms with van der Waals surface area (Å²) in [4.78, 5) is 11.8. The summed E-state index contributed by atoms with van der Waals surface area (Å²) in [5.74, 6) is -0.721. The highest BCUT2D eigenvalue weighted by atomic mass is 35.5. The Morgan fingerprint density at radius 3 is 2.64 bits per heavy atom. The lowest BCUT2D eigenvalue weighted by atomic mass is 10.0. The summed E-state index contributed by atoms with van der Waals surface area (Å²) < 4.78 is 44.7. The van der Waals surface area contributed by atoms with E-state index in [2.05, 4.69) is 10.0 Å². The van der Waals surface area contributed by atoms with Gasteiger partial charge in [-0.25, -0.2) is 17.5 Å². The van der Waals surface area contributed by atoms with Crippen molar-refractivity contribution in [3.8, 4) is 0 Å². The summed E-state index contributed by atoms with van der Waals surface area (Å²) >= 11 is 5.75. The van der Waals surface area contributed by atoms with Crippen LogP contribution in [-0.2, 0) is 10.0 Å². The van der Waals surface area contributed by atoms with Gasteiger partial charge >= 0.3 is 0 Å². The SMILES string of the molecule is CC(C)c1ccoc1C(=O)NCCNS(=O)(=O)c1ccc(F)cc1Cl. The molecule has 1 amide bonds. The fourth-order valence-corrected chi connectivity index (χ4v) is 3.73. The van der Waals surface area contributed by atoms with Gasteiger partial charge in [-0.05, 0) is 30.2 Å². The molecule has 0 saturated heterocycles. The minimum Gasteiger partial charge on any atom is -0.459 e. The minimum atomic E-state index is -3.90. The van der Waals surface area contributed by atoms with Crippen LogP contribution in [0.5, 0.6) is 0 Å². The van der Waals surface area contributed by atoms with Crippen LogP contribution in [-0.4, -0.2) is 27.4 Å². The van der Waals surface area contributed by atoms with E-state index >= 15 is 0 Å². The van der Waals surface area contributed by atoms with E-state index in [4.69, 9.17) is 16.0 Å². The summed E-state index contributed by atoms with van der Waals surface area (Å²) in [6.07, 6.45) is 1.43. The molecule has 0 bridgehead atoms. The van der Waals surface area contributed by atoms with Gasteiger partial charge in [0.2, 0.25) is 10.0 Å². The molecule has 0 aliphatic carbocycles. The fraction of sp³-hybridized carbons (Fsp3) is 0.312. The molecular weight excluding hydrogens is 371 g/mol. The van der Waals surface area contributed by atoms with E-state index in [0.29, 0.717) is 0 Å². The van der Waals surface area contributed by atoms with Crippen LogP contribution in [0.1, 0.15) is 35.9 Å². The van der Waals surface area contributed by atoms with Crippen molar-refractivity contribution in [2.45, 2.75) is 24.7 Å². The summed E-state index contributed by atoms with van der Waals surface area (Å²) in [6, 6.07) is 4.73. The van der Waals surface area contributed by atoms with Crippen LogP contribution in [0.3, 0.4) is 0 Å². The highest BCUT2D eigenvalue weighted by Crippen LogP contribution is 2.22. The molecule has 6 nitrogen and oxygen atoms in total. The largest absolute Gasteiger partial charge is 0.459 e. The maximum Gasteiger partial charge on any atom is 0.287 e. The first-order valence-electron chi connectivity index (χ1n) is 7.52. The van der Waals surface area contributed by atoms with E-state index in [1.54, 1.807) is 6.07 Å². The van der Waals surface area contributed by atoms with Crippen LogP contribution in [0.15, 0.2) is 39.8 Å². The van der Waals surface area contributed by atoms with Crippen molar-refractivity contribution in [3.05, 3.63) is 52.7 Å². The molecule has 0 aliphatic heterocycles. The predicted octanol–water partition coefficient (Wildman–Crippen LogP) is 2.90. The Hall–Kier alpha value is -1.90. The molecule has 1 heterocycles. The maximum atomic E-state index is 13.0. The van der Waals surface area contributed by atoms with Gasteiger partial charge in [-0.3, -0.25) is 4.79 Å². The van der Waals surface area contributed by atoms with E-state index < -0.39 is 21.7 Å². The van der Waals surface area contributed by atoms with Gasteiger partial charge in [0.15, 0.2) is 5.76 Å². The normalized spacial score (nSPS) is 11.7. The second-order valence-electron chi connectivity index (χ2n) is 5.59. The van der Waals surface area contributed by atoms with E-state index in [9.17, 15) is 17.6 Å². The van der Waals surface area contributed by atoms with E-state index in [1.165, 1.54) is 6.26 Å². The van der Waals surface area contributed by atoms with Crippen molar-refractivity contribution in [2.24, 2.45) is 0 Å². The quantitative estimate of drug-likeness (QED) is 0.714. The zero-order valence-electron chi connectivity index (χ0n) is 13.7. The number of benzene rings is 1. The summed E-state index contributed by atoms with van der Waals surface area (Å²) in [5, 5.41) is 2.36. The van der Waals surface area contributed by atoms with Crippen LogP contribution in [0.25, 0.3) is 0 Å². The second-order valence-corrected chi connectivity index (χ2v) is 7.73. The monoisotopic (exact) mass is 388 g/mol. The van der Waals surface area contributed by atoms with Gasteiger partial charge < -0.3 is 9.73 Å². The van der Waals surface area contributed by atoms with E-state index in [-0.39, 0.29) is 34.7 Å². The lowest BCUT2D eigenvalue weighted by Gasteiger charge is -2.10. The zero-order chi connectivity index (χ0) is 18.6. The van der Waals surface area contributed by atoms with Crippen molar-refractivity contribution >= 4 is 27.5 Å². The molecule has 0 saturated carbocycles. The average molecular weight is 389 g/mol. The number of nitrogens with one attached hydrogen (secondary N) is 2. The van der Waals surface area contributed by atoms with E-state index in [1.807, 2.05) is 13.8 Å². The first kappa shape index (κ1) is 19.4. The lowest BCUT2D eigenvalue weighted by Crippen LogP contribution is -2.35. The van der Waals surface area contributed by atoms with Gasteiger partial charge in [-0.1, -0.05) is 25.4 Å². The molecule has 9 heteroatoms. The summed E-state index contributed by atoms with van der Waals surface area (Å²) in [7, 11) is -3.90. The Morgan fingerprint density at radius 2 is 2.00 bits per heavy atom. The lowest BCUT2D eigenvalue weighted by molar-refractivity contribution is 0.0925. The number of carbonyl (C=O) groups is 1. The molecule has 1 aromatic heterocycles. The Balaban J connectivity index is 1.92. The smallest absolute Gasteiger partial charge is 0.287 e. The molecule has 2 rings (SSSR count). The van der Waals surface area contributed by atoms with Gasteiger partial charge in [-0.2, -0.15) is 0 Å². The standard InChI is InChI=1S/C16H18ClFN2O4S/c1-10(2)12-5-8-24-15(12)16(21)19-6-7-20-25(22,23)14-4-3-11(18)9-13(14)17/h3-5,8-10,20H,6-7H2,1-2H3,(H,19,21). The molecule has 25 heavy (non-hydrogen) atoms. The maximum absolute atomic E-state index is 13.0. The van der Waals surface area contributed by atoms with Gasteiger partial charge in [0, 0.05) is 18.7 Å². The number of halogens is 2. The molecular formula is C16H18ClFN2O4S. The van der Waals surface area contributed by atoms with Crippen LogP contribution in [0.2, 0.25) is 5.02 Å². The van der Waals surface area contributed by atoms with Crippen LogP contribution in [0.4, 0.5) is 4.39 Å². The van der Waals surface area contributed by atoms with Crippen molar-refractivity contribution in [3.63, 3.8) is 0 Å². The Labute approximate surface area is 150 Å². The average Bonchev–Trinajstić information content (AvgIpc) is 3.01. The Morgan fingerprint density at radius 1 is 1.28 bits per heavy atom. The number of sulfonamides is 1. The fourth-order valence-electron chi connectivity index (χ4n) is 2.17. The molecule has 0 fully saturated rings. The number of amides is 1. The molecule has 2 aromatic rings. The third kappa shape index (κ3) is 4.81. The van der Waals surface area contributed by atoms with Crippen LogP contribution in [0, 0.1) is 5.82 Å². The van der Waals surface area contributed by atoms with Crippen molar-refractivity contribution < 1.29 is 22.0 Å². The summed E-state index contributed by atoms with van der Waals surface area (Å²) in [6.45, 7) is 3.86. The molecule has 1 aromatic carbocycles. The predicted molar refractivity (Wildman–Crippen MR) is 91.7 cm³/mol. The molecule has 0 aliphatic rings. The third-order valence-corrected chi connectivity index (χ3v) is 5.35. The molecule has 0 atom stereocenters. The second kappa shape index (κ2) is 7.99. The zero-order valence-corrected chi connectivity index (χ0v) is 15.2. The number of carbonyl (C=O) groups excluding carboxylic acids is 1. The van der Waals surface area contributed by atoms with Crippen LogP contribution >= 0.6 is 11.6 Å². The Kier molecular flexibility index (Phi) is 6.21. The topological polar surface area (TPSA) is 88.4 Å². The number of furan rings is 1. The van der Waals surface area contributed by atoms with E-state index in [0.717, 1.165) is 23.8 Å². The molecule has 0 radical (unpaired) electrons. The first-order chi connectivity index (χ1) is 11.7. The first-order valence-corrected chi connectivity index (χ1v) is 9.39. The van der Waals surface area contributed by atoms with Crippen molar-refractivity contribution in [1.29, 1.82) is 0 Å². The molecule has 0 unspecified atom stereocenters. The summed E-state index contributed by atoms with van der Waals surface area (Å²) in [5.41, 5.74) is 0.774. The molecule has 2 N–H and O–H groups in total. The highest BCUT2D eigenvalue weighted by molar-refractivity contribution is 7.89. The minimum absolute atomic E-state index is 0.0507. The molecule has 136 valence electrons. The van der Waals surface area contributed by atoms with Gasteiger partial charge in [-0.15, -0.1) is 0 Å². The van der Waals surface area contributed by atoms with Gasteiger partial charge in [0.25, 0.3) is 5.91 Å². The third-order valence-electron chi connectivity index (χ3n) is 3.41. The van der Waals surface area contributed by atoms with Gasteiger partial charge in [0.05, 0.1) is 11.3 Å². The van der Waals surface area contributed by atoms with Crippen molar-refractivity contribution in [1.82, 2.24) is 10.0 Å². The van der Waals surface area contributed by atoms with Crippen LogP contribution < -0.4 is 10.0 Å². The highest BCUT2D eigenvalue weighted by Gasteiger charge is 2.19. The van der Waals surface area contributed by atoms with Gasteiger partial charge in [0.1, 0.15) is 10.7 Å². The Bertz CT molecular complexity index is 865. The molecule has 0 spiro atoms. The number of hydrogen-bond donors (Lipinski definition) is 2.